The summed E-state index contributed by atoms with van der Waals surface area (Å²) in [5, 5.41) is 8.87. The summed E-state index contributed by atoms with van der Waals surface area (Å²) in [6, 6.07) is 0. The van der Waals surface area contributed by atoms with Crippen LogP contribution in [0.25, 0.3) is 0 Å². The minimum atomic E-state index is 0.148. The second-order valence-corrected chi connectivity index (χ2v) is 2.76. The monoisotopic (exact) mass is 128 g/mol. The van der Waals surface area contributed by atoms with Crippen LogP contribution < -0.4 is 5.73 Å². The minimum absolute atomic E-state index is 0.148. The molecule has 0 heterocycles. The molecular weight excluding hydrogens is 114 g/mol. The lowest BCUT2D eigenvalue weighted by molar-refractivity contribution is 0.191. The molecule has 53 valence electrons. The summed E-state index contributed by atoms with van der Waals surface area (Å²) in [6.45, 7) is 0. The van der Waals surface area contributed by atoms with Crippen molar-refractivity contribution in [3.8, 4) is 0 Å². The molecule has 1 aliphatic carbocycles. The predicted molar refractivity (Wildman–Crippen MR) is 35.9 cm³/mol. The van der Waals surface area contributed by atoms with Gasteiger partial charge in [-0.1, -0.05) is 19.3 Å². The highest BCUT2D eigenvalue weighted by Crippen LogP contribution is 2.26. The summed E-state index contributed by atoms with van der Waals surface area (Å²) in [4.78, 5) is 0. The van der Waals surface area contributed by atoms with E-state index in [1.165, 1.54) is 19.3 Å². The van der Waals surface area contributed by atoms with Gasteiger partial charge in [-0.3, -0.25) is 5.73 Å². The molecule has 2 heteroatoms. The molecule has 0 saturated heterocycles. The van der Waals surface area contributed by atoms with E-state index >= 15 is 0 Å². The topological polar surface area (TPSA) is 46.2 Å². The van der Waals surface area contributed by atoms with Gasteiger partial charge in [-0.05, 0) is 12.8 Å². The van der Waals surface area contributed by atoms with Crippen LogP contribution in [-0.2, 0) is 0 Å². The van der Waals surface area contributed by atoms with Gasteiger partial charge in [0.25, 0.3) is 0 Å². The van der Waals surface area contributed by atoms with Gasteiger partial charge in [0.2, 0.25) is 0 Å². The molecule has 2 nitrogen and oxygen atoms in total. The maximum absolute atomic E-state index is 8.87. The van der Waals surface area contributed by atoms with Crippen molar-refractivity contribution in [3.05, 3.63) is 6.23 Å². The van der Waals surface area contributed by atoms with E-state index in [0.717, 1.165) is 12.8 Å². The third kappa shape index (κ3) is 1.95. The Kier molecular flexibility index (Phi) is 2.49. The normalized spacial score (nSPS) is 23.0. The molecule has 0 aromatic rings. The van der Waals surface area contributed by atoms with Crippen LogP contribution in [0.4, 0.5) is 0 Å². The first-order valence-electron chi connectivity index (χ1n) is 3.62. The fraction of sp³-hybridized carbons (Fsp3) is 0.857. The van der Waals surface area contributed by atoms with E-state index in [0.29, 0.717) is 5.92 Å². The van der Waals surface area contributed by atoms with Crippen molar-refractivity contribution < 1.29 is 5.11 Å². The summed E-state index contributed by atoms with van der Waals surface area (Å²) in [5.41, 5.74) is 5.24. The molecular formula is C7H14NO. The van der Waals surface area contributed by atoms with E-state index in [9.17, 15) is 0 Å². The molecule has 1 aliphatic rings. The average molecular weight is 128 g/mol. The molecule has 1 saturated carbocycles. The molecule has 0 aromatic carbocycles. The quantitative estimate of drug-likeness (QED) is 0.560. The smallest absolute Gasteiger partial charge is 0.159 e. The summed E-state index contributed by atoms with van der Waals surface area (Å²) < 4.78 is 0. The Hall–Kier alpha value is -0.0800. The average Bonchev–Trinajstić information content (AvgIpc) is 1.90. The largest absolute Gasteiger partial charge is 0.371 e. The molecule has 0 unspecified atom stereocenters. The van der Waals surface area contributed by atoms with E-state index in [1.54, 1.807) is 0 Å². The maximum Gasteiger partial charge on any atom is 0.159 e. The molecule has 9 heavy (non-hydrogen) atoms. The predicted octanol–water partition coefficient (Wildman–Crippen LogP) is 1.39. The highest BCUT2D eigenvalue weighted by atomic mass is 16.3. The molecule has 0 atom stereocenters. The van der Waals surface area contributed by atoms with E-state index in [2.05, 4.69) is 0 Å². The number of rotatable bonds is 1. The number of aliphatic hydroxyl groups is 1. The fourth-order valence-electron chi connectivity index (χ4n) is 1.40. The molecule has 1 rings (SSSR count). The third-order valence-electron chi connectivity index (χ3n) is 2.02. The van der Waals surface area contributed by atoms with Crippen molar-refractivity contribution in [1.29, 1.82) is 0 Å². The van der Waals surface area contributed by atoms with Gasteiger partial charge < -0.3 is 5.11 Å². The van der Waals surface area contributed by atoms with Crippen LogP contribution in [-0.4, -0.2) is 5.11 Å². The van der Waals surface area contributed by atoms with Crippen LogP contribution >= 0.6 is 0 Å². The number of aliphatic hydroxyl groups excluding tert-OH is 1. The van der Waals surface area contributed by atoms with Crippen LogP contribution in [0.3, 0.4) is 0 Å². The third-order valence-corrected chi connectivity index (χ3v) is 2.02. The van der Waals surface area contributed by atoms with Crippen molar-refractivity contribution in [2.24, 2.45) is 11.7 Å². The summed E-state index contributed by atoms with van der Waals surface area (Å²) in [5.74, 6) is 0.304. The van der Waals surface area contributed by atoms with Gasteiger partial charge in [-0.15, -0.1) is 0 Å². The van der Waals surface area contributed by atoms with Crippen molar-refractivity contribution in [2.45, 2.75) is 32.1 Å². The highest BCUT2D eigenvalue weighted by molar-refractivity contribution is 4.80. The zero-order valence-corrected chi connectivity index (χ0v) is 5.64. The summed E-state index contributed by atoms with van der Waals surface area (Å²) in [6.07, 6.45) is 6.08. The first-order chi connectivity index (χ1) is 4.30. The van der Waals surface area contributed by atoms with E-state index in [-0.39, 0.29) is 6.23 Å². The number of nitrogens with two attached hydrogens (primary N) is 1. The van der Waals surface area contributed by atoms with Gasteiger partial charge in [0.15, 0.2) is 6.23 Å². The summed E-state index contributed by atoms with van der Waals surface area (Å²) >= 11 is 0. The molecule has 0 bridgehead atoms. The lowest BCUT2D eigenvalue weighted by Crippen LogP contribution is -2.22. The van der Waals surface area contributed by atoms with Crippen molar-refractivity contribution >= 4 is 0 Å². The SMILES string of the molecule is N[C](O)C1CCCCC1. The Morgan fingerprint density at radius 1 is 1.22 bits per heavy atom. The second kappa shape index (κ2) is 3.18. The molecule has 1 radical (unpaired) electrons. The Labute approximate surface area is 56.1 Å². The van der Waals surface area contributed by atoms with Crippen molar-refractivity contribution in [3.63, 3.8) is 0 Å². The van der Waals surface area contributed by atoms with Crippen LogP contribution in [0, 0.1) is 12.1 Å². The molecule has 0 aromatic heterocycles. The zero-order valence-electron chi connectivity index (χ0n) is 5.64. The Balaban J connectivity index is 2.23. The van der Waals surface area contributed by atoms with Crippen molar-refractivity contribution in [2.75, 3.05) is 0 Å². The Bertz CT molecular complexity index is 77.0. The molecule has 0 amide bonds. The van der Waals surface area contributed by atoms with Gasteiger partial charge in [0.05, 0.1) is 0 Å². The first kappa shape index (κ1) is 7.03. The Morgan fingerprint density at radius 3 is 2.11 bits per heavy atom. The molecule has 1 fully saturated rings. The zero-order chi connectivity index (χ0) is 6.69. The van der Waals surface area contributed by atoms with E-state index in [1.807, 2.05) is 0 Å². The standard InChI is InChI=1S/C7H14NO/c8-7(9)6-4-2-1-3-5-6/h6,9H,1-5,8H2. The summed E-state index contributed by atoms with van der Waals surface area (Å²) in [7, 11) is 0. The van der Waals surface area contributed by atoms with Gasteiger partial charge in [0, 0.05) is 5.92 Å². The van der Waals surface area contributed by atoms with Gasteiger partial charge in [-0.25, -0.2) is 0 Å². The maximum atomic E-state index is 8.87. The van der Waals surface area contributed by atoms with Gasteiger partial charge in [0.1, 0.15) is 0 Å². The highest BCUT2D eigenvalue weighted by Gasteiger charge is 2.18. The molecule has 0 spiro atoms. The van der Waals surface area contributed by atoms with Gasteiger partial charge >= 0.3 is 0 Å². The van der Waals surface area contributed by atoms with E-state index in [4.69, 9.17) is 10.8 Å². The van der Waals surface area contributed by atoms with E-state index < -0.39 is 0 Å². The van der Waals surface area contributed by atoms with Crippen LogP contribution in [0.15, 0.2) is 0 Å². The lowest BCUT2D eigenvalue weighted by Gasteiger charge is -2.22. The minimum Gasteiger partial charge on any atom is -0.371 e. The fourth-order valence-corrected chi connectivity index (χ4v) is 1.40. The molecule has 0 aliphatic heterocycles. The van der Waals surface area contributed by atoms with Crippen LogP contribution in [0.1, 0.15) is 32.1 Å². The molecule has 3 N–H and O–H groups in total. The Morgan fingerprint density at radius 2 is 1.78 bits per heavy atom. The second-order valence-electron chi connectivity index (χ2n) is 2.76. The van der Waals surface area contributed by atoms with Crippen molar-refractivity contribution in [1.82, 2.24) is 0 Å². The van der Waals surface area contributed by atoms with Crippen LogP contribution in [0.2, 0.25) is 0 Å². The first-order valence-corrected chi connectivity index (χ1v) is 3.62. The van der Waals surface area contributed by atoms with Gasteiger partial charge in [-0.2, -0.15) is 0 Å². The number of hydrogen-bond acceptors (Lipinski definition) is 2. The lowest BCUT2D eigenvalue weighted by atomic mass is 9.88. The number of hydrogen-bond donors (Lipinski definition) is 2. The van der Waals surface area contributed by atoms with Crippen LogP contribution in [0.5, 0.6) is 0 Å².